The Morgan fingerprint density at radius 2 is 1.55 bits per heavy atom. The second kappa shape index (κ2) is 6.98. The van der Waals surface area contributed by atoms with E-state index in [9.17, 15) is 9.59 Å². The molecule has 154 valence electrons. The first-order valence-corrected chi connectivity index (χ1v) is 10.6. The zero-order valence-corrected chi connectivity index (χ0v) is 18.6. The van der Waals surface area contributed by atoms with Crippen LogP contribution in [0.3, 0.4) is 0 Å². The maximum absolute atomic E-state index is 13.5. The first-order valence-electron chi connectivity index (χ1n) is 9.85. The molecule has 0 amide bonds. The van der Waals surface area contributed by atoms with Crippen LogP contribution in [0.15, 0.2) is 52.7 Å². The van der Waals surface area contributed by atoms with Gasteiger partial charge in [0.2, 0.25) is 11.6 Å². The average Bonchev–Trinajstić information content (AvgIpc) is 3.29. The largest absolute Gasteiger partial charge is 0.360 e. The lowest BCUT2D eigenvalue weighted by atomic mass is 9.87. The van der Waals surface area contributed by atoms with Crippen LogP contribution in [-0.4, -0.2) is 21.5 Å². The molecule has 31 heavy (non-hydrogen) atoms. The van der Waals surface area contributed by atoms with Crippen LogP contribution in [0.2, 0.25) is 0 Å². The molecule has 2 aromatic heterocycles. The molecule has 1 aliphatic carbocycles. The molecule has 0 bridgehead atoms. The van der Waals surface area contributed by atoms with E-state index in [4.69, 9.17) is 23.2 Å². The van der Waals surface area contributed by atoms with E-state index in [1.165, 1.54) is 0 Å². The van der Waals surface area contributed by atoms with Crippen LogP contribution in [0.5, 0.6) is 0 Å². The van der Waals surface area contributed by atoms with Crippen molar-refractivity contribution in [1.29, 1.82) is 0 Å². The second-order valence-corrected chi connectivity index (χ2v) is 8.67. The molecular weight excluding hydrogens is 431 g/mol. The van der Waals surface area contributed by atoms with E-state index in [-0.39, 0.29) is 21.2 Å². The first kappa shape index (κ1) is 19.9. The summed E-state index contributed by atoms with van der Waals surface area (Å²) in [5, 5.41) is 1.42. The number of rotatable bonds is 2. The summed E-state index contributed by atoms with van der Waals surface area (Å²) in [7, 11) is 0. The van der Waals surface area contributed by atoms with Crippen molar-refractivity contribution in [3.05, 3.63) is 80.6 Å². The van der Waals surface area contributed by atoms with E-state index in [0.29, 0.717) is 11.1 Å². The maximum atomic E-state index is 13.5. The number of Topliss-reactive ketones (excluding diaryl/α,β-unsaturated/α-hetero) is 2. The molecule has 0 saturated heterocycles. The Balaban J connectivity index is 1.74. The predicted octanol–water partition coefficient (Wildman–Crippen LogP) is 6.33. The summed E-state index contributed by atoms with van der Waals surface area (Å²) in [6, 6.07) is 11.7. The van der Waals surface area contributed by atoms with Crippen LogP contribution in [0.1, 0.15) is 27.9 Å². The monoisotopic (exact) mass is 448 g/mol. The van der Waals surface area contributed by atoms with Gasteiger partial charge in [-0.05, 0) is 38.5 Å². The summed E-state index contributed by atoms with van der Waals surface area (Å²) in [6.45, 7) is 5.80. The van der Waals surface area contributed by atoms with Gasteiger partial charge < -0.3 is 9.97 Å². The van der Waals surface area contributed by atoms with Crippen molar-refractivity contribution in [1.82, 2.24) is 9.97 Å². The molecule has 2 aromatic carbocycles. The van der Waals surface area contributed by atoms with Gasteiger partial charge in [0.1, 0.15) is 10.1 Å². The average molecular weight is 449 g/mol. The second-order valence-electron chi connectivity index (χ2n) is 7.91. The highest BCUT2D eigenvalue weighted by Gasteiger charge is 2.37. The van der Waals surface area contributed by atoms with Gasteiger partial charge in [-0.25, -0.2) is 0 Å². The zero-order valence-electron chi connectivity index (χ0n) is 17.1. The molecule has 2 heterocycles. The molecule has 0 spiro atoms. The Morgan fingerprint density at radius 1 is 0.839 bits per heavy atom. The van der Waals surface area contributed by atoms with Gasteiger partial charge in [-0.1, -0.05) is 53.0 Å². The Kier molecular flexibility index (Phi) is 4.47. The summed E-state index contributed by atoms with van der Waals surface area (Å²) in [5.74, 6) is -0.904. The number of aryl methyl sites for hydroxylation is 3. The van der Waals surface area contributed by atoms with Gasteiger partial charge in [-0.15, -0.1) is 0 Å². The number of carbonyl (C=O) groups excluding carboxylic acids is 2. The molecule has 6 heteroatoms. The number of benzene rings is 2. The van der Waals surface area contributed by atoms with Gasteiger partial charge in [0.25, 0.3) is 0 Å². The third-order valence-electron chi connectivity index (χ3n) is 5.88. The van der Waals surface area contributed by atoms with Gasteiger partial charge in [-0.2, -0.15) is 0 Å². The highest BCUT2D eigenvalue weighted by molar-refractivity contribution is 6.68. The van der Waals surface area contributed by atoms with E-state index >= 15 is 0 Å². The summed E-state index contributed by atoms with van der Waals surface area (Å²) >= 11 is 13.1. The van der Waals surface area contributed by atoms with E-state index in [0.717, 1.165) is 38.6 Å². The van der Waals surface area contributed by atoms with E-state index < -0.39 is 11.6 Å². The Labute approximate surface area is 188 Å². The third-order valence-corrected chi connectivity index (χ3v) is 6.60. The predicted molar refractivity (Wildman–Crippen MR) is 126 cm³/mol. The van der Waals surface area contributed by atoms with Crippen LogP contribution in [-0.2, 0) is 9.59 Å². The Bertz CT molecular complexity index is 1520. The van der Waals surface area contributed by atoms with E-state index in [1.807, 2.05) is 57.2 Å². The number of carbonyl (C=O) groups is 2. The van der Waals surface area contributed by atoms with Crippen LogP contribution < -0.4 is 0 Å². The van der Waals surface area contributed by atoms with Crippen molar-refractivity contribution in [2.24, 2.45) is 0 Å². The first-order chi connectivity index (χ1) is 14.8. The van der Waals surface area contributed by atoms with Crippen molar-refractivity contribution in [2.45, 2.75) is 20.8 Å². The Hall–Kier alpha value is -3.08. The number of aromatic amines is 2. The summed E-state index contributed by atoms with van der Waals surface area (Å²) in [5.41, 5.74) is 6.05. The highest BCUT2D eigenvalue weighted by atomic mass is 35.5. The van der Waals surface area contributed by atoms with Crippen molar-refractivity contribution in [2.75, 3.05) is 0 Å². The number of nitrogens with one attached hydrogen (secondary N) is 2. The molecule has 0 fully saturated rings. The lowest BCUT2D eigenvalue weighted by molar-refractivity contribution is -0.113. The van der Waals surface area contributed by atoms with Crippen LogP contribution >= 0.6 is 23.2 Å². The lowest BCUT2D eigenvalue weighted by Crippen LogP contribution is -2.19. The number of aromatic nitrogens is 2. The molecule has 2 N–H and O–H groups in total. The van der Waals surface area contributed by atoms with Crippen LogP contribution in [0, 0.1) is 20.8 Å². The van der Waals surface area contributed by atoms with Gasteiger partial charge in [0, 0.05) is 44.8 Å². The Morgan fingerprint density at radius 3 is 2.32 bits per heavy atom. The molecule has 0 saturated carbocycles. The number of hydrogen-bond acceptors (Lipinski definition) is 2. The maximum Gasteiger partial charge on any atom is 0.207 e. The minimum absolute atomic E-state index is 0.114. The van der Waals surface area contributed by atoms with Crippen molar-refractivity contribution in [3.8, 4) is 0 Å². The molecule has 0 aliphatic heterocycles. The zero-order chi connectivity index (χ0) is 22.0. The van der Waals surface area contributed by atoms with Crippen molar-refractivity contribution >= 4 is 67.7 Å². The summed E-state index contributed by atoms with van der Waals surface area (Å²) < 4.78 is 0. The van der Waals surface area contributed by atoms with Gasteiger partial charge >= 0.3 is 0 Å². The number of fused-ring (bicyclic) bond motifs is 2. The lowest BCUT2D eigenvalue weighted by Gasteiger charge is -2.18. The van der Waals surface area contributed by atoms with Crippen LogP contribution in [0.4, 0.5) is 0 Å². The van der Waals surface area contributed by atoms with E-state index in [1.54, 1.807) is 6.20 Å². The molecule has 0 radical (unpaired) electrons. The van der Waals surface area contributed by atoms with Crippen LogP contribution in [0.25, 0.3) is 33.0 Å². The van der Waals surface area contributed by atoms with E-state index in [2.05, 4.69) is 9.97 Å². The number of hydrogen-bond donors (Lipinski definition) is 2. The SMILES string of the molecule is Cc1ccc2[nH]c(C)c(C3=C(Cl)C(=O)C(c4c[nH]c5c(C)cccc45)=C(Cl)C3=O)c2c1. The minimum atomic E-state index is -0.454. The molecule has 1 aliphatic rings. The topological polar surface area (TPSA) is 65.7 Å². The minimum Gasteiger partial charge on any atom is -0.360 e. The third kappa shape index (κ3) is 2.83. The molecule has 4 nitrogen and oxygen atoms in total. The standard InChI is InChI=1S/C25H18Cl2N2O2/c1-11-7-8-17-15(9-11)18(13(3)29-17)20-22(27)24(30)19(21(26)25(20)31)16-10-28-23-12(2)5-4-6-14(16)23/h4-10,28-29H,1-3H3. The fraction of sp³-hybridized carbons (Fsp3) is 0.120. The number of para-hydroxylation sites is 1. The molecular formula is C25H18Cl2N2O2. The summed E-state index contributed by atoms with van der Waals surface area (Å²) in [6.07, 6.45) is 1.70. The smallest absolute Gasteiger partial charge is 0.207 e. The summed E-state index contributed by atoms with van der Waals surface area (Å²) in [4.78, 5) is 33.3. The number of ketones is 2. The van der Waals surface area contributed by atoms with Gasteiger partial charge in [-0.3, -0.25) is 9.59 Å². The number of allylic oxidation sites excluding steroid dienone is 4. The highest BCUT2D eigenvalue weighted by Crippen LogP contribution is 2.43. The quantitative estimate of drug-likeness (QED) is 0.352. The van der Waals surface area contributed by atoms with Crippen molar-refractivity contribution in [3.63, 3.8) is 0 Å². The number of halogens is 2. The van der Waals surface area contributed by atoms with Gasteiger partial charge in [0.05, 0.1) is 11.1 Å². The number of H-pyrrole nitrogens is 2. The van der Waals surface area contributed by atoms with Gasteiger partial charge in [0.15, 0.2) is 0 Å². The van der Waals surface area contributed by atoms with Crippen molar-refractivity contribution < 1.29 is 9.59 Å². The normalized spacial score (nSPS) is 15.1. The fourth-order valence-corrected chi connectivity index (χ4v) is 4.94. The molecule has 0 unspecified atom stereocenters. The fourth-order valence-electron chi connectivity index (χ4n) is 4.39. The molecule has 5 rings (SSSR count). The molecule has 0 atom stereocenters. The molecule has 4 aromatic rings.